The first kappa shape index (κ1) is 27.3. The summed E-state index contributed by atoms with van der Waals surface area (Å²) >= 11 is 0. The highest BCUT2D eigenvalue weighted by Crippen LogP contribution is 2.40. The summed E-state index contributed by atoms with van der Waals surface area (Å²) in [4.78, 5) is 40.6. The van der Waals surface area contributed by atoms with Gasteiger partial charge in [0, 0.05) is 62.3 Å². The fourth-order valence-corrected chi connectivity index (χ4v) is 6.19. The van der Waals surface area contributed by atoms with E-state index < -0.39 is 0 Å². The first-order chi connectivity index (χ1) is 18.7. The van der Waals surface area contributed by atoms with Crippen molar-refractivity contribution in [2.24, 2.45) is 0 Å². The van der Waals surface area contributed by atoms with Crippen LogP contribution in [0.15, 0.2) is 47.4 Å². The minimum Gasteiger partial charge on any atom is -0.348 e. The number of fused-ring (bicyclic) bond motifs is 1. The summed E-state index contributed by atoms with van der Waals surface area (Å²) in [6.45, 7) is 13.3. The van der Waals surface area contributed by atoms with Crippen LogP contribution in [0.2, 0.25) is 0 Å². The number of carbonyl (C=O) groups excluding carboxylic acids is 1. The van der Waals surface area contributed by atoms with Crippen molar-refractivity contribution in [2.45, 2.75) is 58.2 Å². The first-order valence-corrected chi connectivity index (χ1v) is 14.1. The number of benzene rings is 1. The van der Waals surface area contributed by atoms with E-state index >= 15 is 0 Å². The van der Waals surface area contributed by atoms with Gasteiger partial charge in [0.05, 0.1) is 6.04 Å². The minimum absolute atomic E-state index is 0.00579. The van der Waals surface area contributed by atoms with Gasteiger partial charge in [-0.2, -0.15) is 4.98 Å². The van der Waals surface area contributed by atoms with Crippen molar-refractivity contribution in [1.82, 2.24) is 29.2 Å². The number of aromatic nitrogens is 3. The van der Waals surface area contributed by atoms with Gasteiger partial charge in [-0.1, -0.05) is 24.3 Å². The number of carbonyl (C=O) groups is 1. The zero-order valence-electron chi connectivity index (χ0n) is 23.9. The molecule has 5 rings (SSSR count). The van der Waals surface area contributed by atoms with Crippen molar-refractivity contribution in [3.8, 4) is 0 Å². The number of pyridine rings is 1. The molecule has 0 aliphatic carbocycles. The number of likely N-dealkylation sites (tertiary alicyclic amines) is 1. The molecular weight excluding hydrogens is 490 g/mol. The van der Waals surface area contributed by atoms with Crippen LogP contribution in [0.1, 0.15) is 63.7 Å². The van der Waals surface area contributed by atoms with Crippen molar-refractivity contribution in [3.63, 3.8) is 0 Å². The minimum atomic E-state index is -0.0590. The Balaban J connectivity index is 1.36. The molecule has 2 aliphatic rings. The molecule has 1 aromatic carbocycles. The topological polar surface area (TPSA) is 86.6 Å². The molecule has 1 amide bonds. The lowest BCUT2D eigenvalue weighted by molar-refractivity contribution is -0.132. The molecule has 0 bridgehead atoms. The third-order valence-corrected chi connectivity index (χ3v) is 8.62. The number of piperazine rings is 1. The molecule has 2 aliphatic heterocycles. The van der Waals surface area contributed by atoms with Gasteiger partial charge in [0.15, 0.2) is 0 Å². The molecule has 39 heavy (non-hydrogen) atoms. The Morgan fingerprint density at radius 1 is 0.949 bits per heavy atom. The lowest BCUT2D eigenvalue weighted by Crippen LogP contribution is -2.59. The molecule has 0 saturated carbocycles. The molecule has 9 nitrogen and oxygen atoms in total. The Morgan fingerprint density at radius 3 is 2.23 bits per heavy atom. The second-order valence-electron chi connectivity index (χ2n) is 11.4. The molecule has 0 spiro atoms. The number of rotatable bonds is 6. The highest BCUT2D eigenvalue weighted by molar-refractivity contribution is 5.75. The van der Waals surface area contributed by atoms with E-state index in [1.165, 1.54) is 5.56 Å². The molecule has 2 fully saturated rings. The monoisotopic (exact) mass is 531 g/mol. The highest BCUT2D eigenvalue weighted by Gasteiger charge is 2.42. The summed E-state index contributed by atoms with van der Waals surface area (Å²) in [5, 5.41) is 4.28. The zero-order chi connectivity index (χ0) is 27.7. The van der Waals surface area contributed by atoms with Crippen molar-refractivity contribution in [3.05, 3.63) is 64.1 Å². The maximum absolute atomic E-state index is 12.5. The molecule has 4 heterocycles. The van der Waals surface area contributed by atoms with Crippen LogP contribution < -0.4 is 10.9 Å². The van der Waals surface area contributed by atoms with Gasteiger partial charge < -0.3 is 15.1 Å². The van der Waals surface area contributed by atoms with Gasteiger partial charge in [-0.25, -0.2) is 4.98 Å². The number of amides is 1. The van der Waals surface area contributed by atoms with Crippen LogP contribution in [0, 0.1) is 0 Å². The summed E-state index contributed by atoms with van der Waals surface area (Å²) < 4.78 is 1.71. The van der Waals surface area contributed by atoms with E-state index in [0.717, 1.165) is 63.1 Å². The average Bonchev–Trinajstić information content (AvgIpc) is 2.93. The van der Waals surface area contributed by atoms with Crippen molar-refractivity contribution < 1.29 is 4.79 Å². The average molecular weight is 532 g/mol. The highest BCUT2D eigenvalue weighted by atomic mass is 16.2. The largest absolute Gasteiger partial charge is 0.348 e. The van der Waals surface area contributed by atoms with Crippen LogP contribution in [0.3, 0.4) is 0 Å². The van der Waals surface area contributed by atoms with Gasteiger partial charge in [0.2, 0.25) is 11.9 Å². The number of hydrogen-bond acceptors (Lipinski definition) is 7. The van der Waals surface area contributed by atoms with Crippen LogP contribution in [0.5, 0.6) is 0 Å². The molecule has 9 heteroatoms. The van der Waals surface area contributed by atoms with Crippen molar-refractivity contribution >= 4 is 22.9 Å². The fraction of sp³-hybridized carbons (Fsp3) is 0.533. The predicted octanol–water partition coefficient (Wildman–Crippen LogP) is 3.63. The van der Waals surface area contributed by atoms with Gasteiger partial charge >= 0.3 is 0 Å². The number of nitrogens with zero attached hydrogens (tertiary/aromatic N) is 6. The lowest BCUT2D eigenvalue weighted by Gasteiger charge is -2.51. The Kier molecular flexibility index (Phi) is 7.73. The molecule has 1 N–H and O–H groups in total. The smallest absolute Gasteiger partial charge is 0.252 e. The summed E-state index contributed by atoms with van der Waals surface area (Å²) in [6, 6.07) is 12.3. The lowest BCUT2D eigenvalue weighted by atomic mass is 9.78. The second-order valence-corrected chi connectivity index (χ2v) is 11.4. The van der Waals surface area contributed by atoms with E-state index in [-0.39, 0.29) is 29.1 Å². The number of hydrogen-bond donors (Lipinski definition) is 1. The Labute approximate surface area is 230 Å². The molecule has 2 aromatic heterocycles. The number of anilines is 1. The normalized spacial score (nSPS) is 19.4. The van der Waals surface area contributed by atoms with E-state index in [0.29, 0.717) is 11.6 Å². The van der Waals surface area contributed by atoms with Crippen molar-refractivity contribution in [1.29, 1.82) is 0 Å². The Hall–Kier alpha value is -3.30. The molecule has 1 atom stereocenters. The molecule has 208 valence electrons. The second kappa shape index (κ2) is 11.1. The molecule has 2 saturated heterocycles. The standard InChI is InChI=1S/C30H41N7O2/c1-21(2)37-27(39)11-8-25-20-31-29(33-28(25)37)32-22(3)24-6-9-26(10-7-24)30(12-14-34(5)15-13-30)36-18-16-35(17-19-36)23(4)38/h6-11,20-22H,12-19H2,1-5H3,(H,31,32,33)/t22-/m0/s1. The summed E-state index contributed by atoms with van der Waals surface area (Å²) in [5.41, 5.74) is 3.09. The quantitative estimate of drug-likeness (QED) is 0.520. The zero-order valence-corrected chi connectivity index (χ0v) is 23.9. The van der Waals surface area contributed by atoms with E-state index in [2.05, 4.69) is 58.3 Å². The summed E-state index contributed by atoms with van der Waals surface area (Å²) in [7, 11) is 2.20. The van der Waals surface area contributed by atoms with E-state index in [9.17, 15) is 9.59 Å². The van der Waals surface area contributed by atoms with Gasteiger partial charge in [-0.05, 0) is 70.9 Å². The van der Waals surface area contributed by atoms with E-state index in [1.807, 2.05) is 18.7 Å². The third-order valence-electron chi connectivity index (χ3n) is 8.62. The molecule has 3 aromatic rings. The van der Waals surface area contributed by atoms with Crippen LogP contribution in [0.25, 0.3) is 11.0 Å². The molecule has 0 radical (unpaired) electrons. The Morgan fingerprint density at radius 2 is 1.62 bits per heavy atom. The van der Waals surface area contributed by atoms with Crippen molar-refractivity contribution in [2.75, 3.05) is 51.6 Å². The van der Waals surface area contributed by atoms with Gasteiger partial charge in [-0.15, -0.1) is 0 Å². The van der Waals surface area contributed by atoms with Gasteiger partial charge in [0.25, 0.3) is 5.56 Å². The van der Waals surface area contributed by atoms with Gasteiger partial charge in [0.1, 0.15) is 5.65 Å². The third kappa shape index (κ3) is 5.43. The van der Waals surface area contributed by atoms with Crippen LogP contribution in [-0.4, -0.2) is 81.5 Å². The maximum atomic E-state index is 12.5. The first-order valence-electron chi connectivity index (χ1n) is 14.1. The molecule has 0 unspecified atom stereocenters. The van der Waals surface area contributed by atoms with E-state index in [4.69, 9.17) is 4.98 Å². The number of nitrogens with one attached hydrogen (secondary N) is 1. The predicted molar refractivity (Wildman–Crippen MR) is 155 cm³/mol. The van der Waals surface area contributed by atoms with Gasteiger partial charge in [-0.3, -0.25) is 19.1 Å². The molecular formula is C30H41N7O2. The number of piperidine rings is 1. The SMILES string of the molecule is CC(=O)N1CCN(C2(c3ccc([C@H](C)Nc4ncc5ccc(=O)n(C(C)C)c5n4)cc3)CCN(C)CC2)CC1. The van der Waals surface area contributed by atoms with Crippen LogP contribution in [-0.2, 0) is 10.3 Å². The van der Waals surface area contributed by atoms with Crippen LogP contribution >= 0.6 is 0 Å². The summed E-state index contributed by atoms with van der Waals surface area (Å²) in [6.07, 6.45) is 3.94. The van der Waals surface area contributed by atoms with E-state index in [1.54, 1.807) is 29.8 Å². The van der Waals surface area contributed by atoms with Crippen LogP contribution in [0.4, 0.5) is 5.95 Å². The fourth-order valence-electron chi connectivity index (χ4n) is 6.19. The maximum Gasteiger partial charge on any atom is 0.252 e. The Bertz CT molecular complexity index is 1370. The summed E-state index contributed by atoms with van der Waals surface area (Å²) in [5.74, 6) is 0.676.